The van der Waals surface area contributed by atoms with E-state index >= 15 is 0 Å². The zero-order chi connectivity index (χ0) is 32.4. The van der Waals surface area contributed by atoms with Crippen LogP contribution in [0.25, 0.3) is 0 Å². The van der Waals surface area contributed by atoms with Crippen molar-refractivity contribution in [2.45, 2.75) is 56.7 Å². The van der Waals surface area contributed by atoms with Crippen molar-refractivity contribution in [3.05, 3.63) is 57.6 Å². The maximum atomic E-state index is 14.5. The number of benzene rings is 2. The van der Waals surface area contributed by atoms with Crippen molar-refractivity contribution in [3.63, 3.8) is 0 Å². The number of rotatable bonds is 6. The third-order valence-corrected chi connectivity index (χ3v) is 10.7. The van der Waals surface area contributed by atoms with Crippen molar-refractivity contribution in [1.29, 1.82) is 0 Å². The van der Waals surface area contributed by atoms with Gasteiger partial charge in [-0.1, -0.05) is 41.4 Å². The molecule has 0 bridgehead atoms. The van der Waals surface area contributed by atoms with Gasteiger partial charge < -0.3 is 35.0 Å². The lowest BCUT2D eigenvalue weighted by molar-refractivity contribution is -0.141. The average molecular weight is 675 g/mol. The van der Waals surface area contributed by atoms with Gasteiger partial charge >= 0.3 is 12.1 Å². The van der Waals surface area contributed by atoms with Gasteiger partial charge in [-0.2, -0.15) is 0 Å². The Morgan fingerprint density at radius 1 is 0.957 bits per heavy atom. The van der Waals surface area contributed by atoms with Crippen molar-refractivity contribution >= 4 is 46.9 Å². The maximum Gasteiger partial charge on any atom is 0.407 e. The van der Waals surface area contributed by atoms with Crippen LogP contribution >= 0.6 is 23.2 Å². The summed E-state index contributed by atoms with van der Waals surface area (Å²) in [5, 5.41) is 23.7. The standard InChI is InChI=1S/C33H41Cl2N5O6/c34-26-18-21(19-27(35)30(26)41)17-25(31(42)38-13-11-37(12-14-38)23-7-15-46-16-8-23)29-20-24(6-10-40(29)33(44)45)39-9-5-22-3-1-2-4-28(22)36-32(39)43/h1-4,18-19,23-25,29,41H,5-17,20H2,(H,36,43)(H,44,45)/t24?,25?,29-/m1/s1. The quantitative estimate of drug-likeness (QED) is 0.403. The fraction of sp³-hybridized carbons (Fsp3) is 0.545. The first-order valence-corrected chi connectivity index (χ1v) is 16.9. The Balaban J connectivity index is 1.26. The van der Waals surface area contributed by atoms with Gasteiger partial charge in [0.2, 0.25) is 5.91 Å². The molecule has 0 aliphatic carbocycles. The van der Waals surface area contributed by atoms with E-state index in [9.17, 15) is 24.6 Å². The number of ether oxygens (including phenoxy) is 1. The summed E-state index contributed by atoms with van der Waals surface area (Å²) in [4.78, 5) is 48.1. The monoisotopic (exact) mass is 673 g/mol. The summed E-state index contributed by atoms with van der Waals surface area (Å²) in [7, 11) is 0. The first-order chi connectivity index (χ1) is 22.2. The third kappa shape index (κ3) is 7.02. The molecule has 0 saturated carbocycles. The van der Waals surface area contributed by atoms with Gasteiger partial charge in [0.05, 0.1) is 16.0 Å². The number of aromatic hydroxyl groups is 1. The van der Waals surface area contributed by atoms with Crippen molar-refractivity contribution in [3.8, 4) is 5.75 Å². The highest BCUT2D eigenvalue weighted by Gasteiger charge is 2.44. The van der Waals surface area contributed by atoms with Crippen LogP contribution in [0.3, 0.4) is 0 Å². The number of anilines is 1. The number of halogens is 2. The SMILES string of the molecule is O=C(C(Cc1cc(Cl)c(O)c(Cl)c1)[C@H]1CC(N2CCc3ccccc3NC2=O)CCN1C(=O)O)N1CCN(C2CCOCC2)CC1. The number of likely N-dealkylation sites (tertiary alicyclic amines) is 1. The second-order valence-electron chi connectivity index (χ2n) is 12.7. The van der Waals surface area contributed by atoms with Crippen LogP contribution in [0.5, 0.6) is 5.75 Å². The van der Waals surface area contributed by atoms with E-state index in [0.29, 0.717) is 50.5 Å². The molecule has 248 valence electrons. The summed E-state index contributed by atoms with van der Waals surface area (Å²) >= 11 is 12.6. The Morgan fingerprint density at radius 2 is 1.65 bits per heavy atom. The Hall–Kier alpha value is -3.25. The molecule has 4 heterocycles. The van der Waals surface area contributed by atoms with Gasteiger partial charge in [-0.05, 0) is 67.9 Å². The summed E-state index contributed by atoms with van der Waals surface area (Å²) < 4.78 is 5.53. The molecule has 3 saturated heterocycles. The van der Waals surface area contributed by atoms with Gasteiger partial charge in [-0.25, -0.2) is 9.59 Å². The summed E-state index contributed by atoms with van der Waals surface area (Å²) in [6, 6.07) is 10.1. The molecule has 4 aliphatic rings. The molecule has 46 heavy (non-hydrogen) atoms. The fourth-order valence-electron chi connectivity index (χ4n) is 7.59. The molecule has 13 heteroatoms. The highest BCUT2D eigenvalue weighted by Crippen LogP contribution is 2.36. The number of fused-ring (bicyclic) bond motifs is 1. The molecule has 4 amide bonds. The van der Waals surface area contributed by atoms with E-state index < -0.39 is 18.1 Å². The average Bonchev–Trinajstić information content (AvgIpc) is 3.24. The normalized spacial score (nSPS) is 23.8. The van der Waals surface area contributed by atoms with Crippen LogP contribution < -0.4 is 5.32 Å². The number of carboxylic acid groups (broad SMARTS) is 1. The molecule has 6 rings (SSSR count). The Labute approximate surface area is 279 Å². The predicted octanol–water partition coefficient (Wildman–Crippen LogP) is 4.78. The molecule has 0 aromatic heterocycles. The van der Waals surface area contributed by atoms with Crippen molar-refractivity contribution < 1.29 is 29.3 Å². The number of phenolic OH excluding ortho intramolecular Hbond substituents is 1. The number of piperidine rings is 1. The number of nitrogens with one attached hydrogen (secondary N) is 1. The van der Waals surface area contributed by atoms with Crippen LogP contribution in [0.2, 0.25) is 10.0 Å². The number of phenols is 1. The number of carbonyl (C=O) groups excluding carboxylic acids is 2. The molecule has 11 nitrogen and oxygen atoms in total. The van der Waals surface area contributed by atoms with Gasteiger partial charge in [-0.15, -0.1) is 0 Å². The Bertz CT molecular complexity index is 1420. The maximum absolute atomic E-state index is 14.5. The molecule has 0 spiro atoms. The summed E-state index contributed by atoms with van der Waals surface area (Å²) in [5.41, 5.74) is 2.46. The minimum atomic E-state index is -1.10. The first kappa shape index (κ1) is 32.7. The van der Waals surface area contributed by atoms with Crippen molar-refractivity contribution in [2.24, 2.45) is 5.92 Å². The van der Waals surface area contributed by atoms with Crippen LogP contribution in [-0.4, -0.2) is 118 Å². The van der Waals surface area contributed by atoms with Crippen LogP contribution in [0.1, 0.15) is 36.8 Å². The second kappa shape index (κ2) is 14.3. The number of hydrogen-bond donors (Lipinski definition) is 3. The topological polar surface area (TPSA) is 126 Å². The molecule has 3 atom stereocenters. The van der Waals surface area contributed by atoms with E-state index in [2.05, 4.69) is 10.2 Å². The number of piperazine rings is 1. The van der Waals surface area contributed by atoms with Crippen LogP contribution in [-0.2, 0) is 22.4 Å². The minimum Gasteiger partial charge on any atom is -0.505 e. The van der Waals surface area contributed by atoms with Gasteiger partial charge in [0.15, 0.2) is 5.75 Å². The minimum absolute atomic E-state index is 0.0659. The van der Waals surface area contributed by atoms with Crippen LogP contribution in [0.4, 0.5) is 15.3 Å². The van der Waals surface area contributed by atoms with E-state index in [4.69, 9.17) is 27.9 Å². The van der Waals surface area contributed by atoms with Gasteiger partial charge in [0.25, 0.3) is 0 Å². The largest absolute Gasteiger partial charge is 0.505 e. The smallest absolute Gasteiger partial charge is 0.407 e. The predicted molar refractivity (Wildman–Crippen MR) is 175 cm³/mol. The lowest BCUT2D eigenvalue weighted by Gasteiger charge is -2.46. The zero-order valence-electron chi connectivity index (χ0n) is 25.7. The van der Waals surface area contributed by atoms with E-state index in [-0.39, 0.29) is 46.7 Å². The number of urea groups is 1. The van der Waals surface area contributed by atoms with Crippen LogP contribution in [0.15, 0.2) is 36.4 Å². The third-order valence-electron chi connectivity index (χ3n) is 10.1. The van der Waals surface area contributed by atoms with Gasteiger partial charge in [-0.3, -0.25) is 9.69 Å². The molecule has 2 aromatic carbocycles. The Morgan fingerprint density at radius 3 is 2.35 bits per heavy atom. The number of carbonyl (C=O) groups is 3. The Kier molecular flexibility index (Phi) is 10.1. The lowest BCUT2D eigenvalue weighted by atomic mass is 9.82. The number of amides is 4. The summed E-state index contributed by atoms with van der Waals surface area (Å²) in [5.74, 6) is -1.12. The van der Waals surface area contributed by atoms with Crippen LogP contribution in [0, 0.1) is 5.92 Å². The molecule has 3 fully saturated rings. The highest BCUT2D eigenvalue weighted by molar-refractivity contribution is 6.37. The zero-order valence-corrected chi connectivity index (χ0v) is 27.3. The molecule has 2 aromatic rings. The number of hydrogen-bond acceptors (Lipinski definition) is 6. The second-order valence-corrected chi connectivity index (χ2v) is 13.5. The van der Waals surface area contributed by atoms with Crippen molar-refractivity contribution in [1.82, 2.24) is 19.6 Å². The molecule has 4 aliphatic heterocycles. The molecule has 0 radical (unpaired) electrons. The van der Waals surface area contributed by atoms with E-state index in [0.717, 1.165) is 50.4 Å². The molecular weight excluding hydrogens is 633 g/mol. The van der Waals surface area contributed by atoms with E-state index in [1.165, 1.54) is 4.90 Å². The number of para-hydroxylation sites is 1. The van der Waals surface area contributed by atoms with Gasteiger partial charge in [0, 0.05) is 76.3 Å². The summed E-state index contributed by atoms with van der Waals surface area (Å²) in [6.45, 7) is 4.74. The lowest BCUT2D eigenvalue weighted by Crippen LogP contribution is -2.60. The van der Waals surface area contributed by atoms with E-state index in [1.807, 2.05) is 29.2 Å². The fourth-order valence-corrected chi connectivity index (χ4v) is 8.12. The summed E-state index contributed by atoms with van der Waals surface area (Å²) in [6.07, 6.45) is 2.49. The first-order valence-electron chi connectivity index (χ1n) is 16.1. The van der Waals surface area contributed by atoms with Crippen molar-refractivity contribution in [2.75, 3.05) is 57.8 Å². The number of nitrogens with zero attached hydrogens (tertiary/aromatic N) is 4. The van der Waals surface area contributed by atoms with E-state index in [1.54, 1.807) is 17.0 Å². The molecule has 3 N–H and O–H groups in total. The highest BCUT2D eigenvalue weighted by atomic mass is 35.5. The van der Waals surface area contributed by atoms with Gasteiger partial charge in [0.1, 0.15) is 0 Å². The molecular formula is C33H41Cl2N5O6. The molecule has 2 unspecified atom stereocenters.